The topological polar surface area (TPSA) is 50.4 Å². The number of carbonyl (C=O) groups excluding carboxylic acids is 1. The Morgan fingerprint density at radius 3 is 2.29 bits per heavy atom. The lowest BCUT2D eigenvalue weighted by Gasteiger charge is -2.14. The summed E-state index contributed by atoms with van der Waals surface area (Å²) in [5.74, 6) is 0.211. The zero-order valence-corrected chi connectivity index (χ0v) is 16.4. The van der Waals surface area contributed by atoms with Crippen LogP contribution in [0.3, 0.4) is 0 Å². The van der Waals surface area contributed by atoms with E-state index >= 15 is 0 Å². The lowest BCUT2D eigenvalue weighted by atomic mass is 10.1. The molecule has 0 aliphatic rings. The molecule has 0 aliphatic carbocycles. The van der Waals surface area contributed by atoms with Crippen LogP contribution in [0.2, 0.25) is 0 Å². The van der Waals surface area contributed by atoms with Gasteiger partial charge in [0.25, 0.3) is 5.91 Å². The van der Waals surface area contributed by atoms with Gasteiger partial charge in [0.05, 0.1) is 12.7 Å². The molecule has 6 heteroatoms. The number of rotatable bonds is 3. The van der Waals surface area contributed by atoms with Gasteiger partial charge in [0.1, 0.15) is 5.75 Å². The van der Waals surface area contributed by atoms with E-state index in [9.17, 15) is 4.79 Å². The highest BCUT2D eigenvalue weighted by atomic mass is 79.9. The molecule has 0 atom stereocenters. The van der Waals surface area contributed by atoms with Crippen LogP contribution in [-0.2, 0) is 0 Å². The third-order valence-corrected chi connectivity index (χ3v) is 4.06. The summed E-state index contributed by atoms with van der Waals surface area (Å²) in [5, 5.41) is 5.97. The minimum absolute atomic E-state index is 0.240. The van der Waals surface area contributed by atoms with Gasteiger partial charge in [-0.3, -0.25) is 10.1 Å². The fourth-order valence-corrected chi connectivity index (χ4v) is 3.33. The van der Waals surface area contributed by atoms with Crippen molar-refractivity contribution in [2.75, 3.05) is 12.4 Å². The first-order chi connectivity index (χ1) is 11.3. The van der Waals surface area contributed by atoms with E-state index in [1.165, 1.54) is 0 Å². The SMILES string of the molecule is COc1c(C)cc(Br)cc1C(=O)NC(=S)Nc1cc(C)cc(C)c1. The van der Waals surface area contributed by atoms with Crippen LogP contribution in [0.5, 0.6) is 5.75 Å². The molecule has 4 nitrogen and oxygen atoms in total. The Labute approximate surface area is 155 Å². The van der Waals surface area contributed by atoms with Crippen LogP contribution >= 0.6 is 28.1 Å². The van der Waals surface area contributed by atoms with E-state index in [0.29, 0.717) is 11.3 Å². The van der Waals surface area contributed by atoms with Gasteiger partial charge in [-0.05, 0) is 73.9 Å². The van der Waals surface area contributed by atoms with Gasteiger partial charge >= 0.3 is 0 Å². The second kappa shape index (κ2) is 7.77. The van der Waals surface area contributed by atoms with Crippen molar-refractivity contribution < 1.29 is 9.53 Å². The largest absolute Gasteiger partial charge is 0.496 e. The van der Waals surface area contributed by atoms with Gasteiger partial charge in [0.2, 0.25) is 0 Å². The van der Waals surface area contributed by atoms with Gasteiger partial charge in [0.15, 0.2) is 5.11 Å². The molecule has 2 aromatic rings. The molecule has 0 saturated carbocycles. The van der Waals surface area contributed by atoms with E-state index in [1.54, 1.807) is 13.2 Å². The second-order valence-corrected chi connectivity index (χ2v) is 6.91. The van der Waals surface area contributed by atoms with Gasteiger partial charge in [-0.1, -0.05) is 22.0 Å². The maximum Gasteiger partial charge on any atom is 0.261 e. The van der Waals surface area contributed by atoms with Crippen LogP contribution < -0.4 is 15.4 Å². The Kier molecular flexibility index (Phi) is 5.96. The maximum absolute atomic E-state index is 12.5. The molecule has 0 radical (unpaired) electrons. The third-order valence-electron chi connectivity index (χ3n) is 3.39. The smallest absolute Gasteiger partial charge is 0.261 e. The first-order valence-corrected chi connectivity index (χ1v) is 8.55. The van der Waals surface area contributed by atoms with Crippen LogP contribution in [0.25, 0.3) is 0 Å². The summed E-state index contributed by atoms with van der Waals surface area (Å²) in [6.45, 7) is 5.90. The number of benzene rings is 2. The quantitative estimate of drug-likeness (QED) is 0.736. The molecular weight excluding hydrogens is 388 g/mol. The van der Waals surface area contributed by atoms with Gasteiger partial charge < -0.3 is 10.1 Å². The Balaban J connectivity index is 2.16. The number of nitrogens with one attached hydrogen (secondary N) is 2. The molecule has 0 unspecified atom stereocenters. The highest BCUT2D eigenvalue weighted by molar-refractivity contribution is 9.10. The first kappa shape index (κ1) is 18.4. The lowest BCUT2D eigenvalue weighted by molar-refractivity contribution is 0.0974. The van der Waals surface area contributed by atoms with Crippen molar-refractivity contribution in [1.29, 1.82) is 0 Å². The van der Waals surface area contributed by atoms with Crippen molar-refractivity contribution in [3.63, 3.8) is 0 Å². The predicted octanol–water partition coefficient (Wildman–Crippen LogP) is 4.51. The van der Waals surface area contributed by atoms with E-state index in [1.807, 2.05) is 39.0 Å². The molecule has 0 saturated heterocycles. The number of aryl methyl sites for hydroxylation is 3. The van der Waals surface area contributed by atoms with Crippen LogP contribution in [0.1, 0.15) is 27.0 Å². The minimum atomic E-state index is -0.321. The summed E-state index contributed by atoms with van der Waals surface area (Å²) in [6.07, 6.45) is 0. The molecule has 1 amide bonds. The highest BCUT2D eigenvalue weighted by Gasteiger charge is 2.16. The molecular formula is C18H19BrN2O2S. The van der Waals surface area contributed by atoms with Crippen LogP contribution in [0.4, 0.5) is 5.69 Å². The van der Waals surface area contributed by atoms with E-state index < -0.39 is 0 Å². The Morgan fingerprint density at radius 1 is 1.08 bits per heavy atom. The minimum Gasteiger partial charge on any atom is -0.496 e. The molecule has 126 valence electrons. The average Bonchev–Trinajstić information content (AvgIpc) is 2.44. The first-order valence-electron chi connectivity index (χ1n) is 7.35. The number of halogens is 1. The number of methoxy groups -OCH3 is 1. The molecule has 0 heterocycles. The van der Waals surface area contributed by atoms with Crippen molar-refractivity contribution in [2.45, 2.75) is 20.8 Å². The third kappa shape index (κ3) is 4.55. The van der Waals surface area contributed by atoms with Crippen molar-refractivity contribution in [2.24, 2.45) is 0 Å². The molecule has 0 aromatic heterocycles. The Morgan fingerprint density at radius 2 is 1.71 bits per heavy atom. The van der Waals surface area contributed by atoms with Crippen LogP contribution in [-0.4, -0.2) is 18.1 Å². The van der Waals surface area contributed by atoms with Crippen molar-refractivity contribution >= 4 is 44.9 Å². The molecule has 2 aromatic carbocycles. The van der Waals surface area contributed by atoms with Crippen LogP contribution in [0, 0.1) is 20.8 Å². The van der Waals surface area contributed by atoms with Crippen LogP contribution in [0.15, 0.2) is 34.8 Å². The standard InChI is InChI=1S/C18H19BrN2O2S/c1-10-5-11(2)7-14(6-10)20-18(24)21-17(22)15-9-13(19)8-12(3)16(15)23-4/h5-9H,1-4H3,(H2,20,21,22,24). The number of carbonyl (C=O) groups is 1. The lowest BCUT2D eigenvalue weighted by Crippen LogP contribution is -2.34. The number of thiocarbonyl (C=S) groups is 1. The fraction of sp³-hybridized carbons (Fsp3) is 0.222. The van der Waals surface area contributed by atoms with Gasteiger partial charge in [0, 0.05) is 10.2 Å². The van der Waals surface area contributed by atoms with E-state index in [4.69, 9.17) is 17.0 Å². The number of hydrogen-bond donors (Lipinski definition) is 2. The predicted molar refractivity (Wildman–Crippen MR) is 105 cm³/mol. The average molecular weight is 407 g/mol. The summed E-state index contributed by atoms with van der Waals surface area (Å²) in [5.41, 5.74) is 4.38. The van der Waals surface area contributed by atoms with E-state index in [-0.39, 0.29) is 11.0 Å². The molecule has 0 fully saturated rings. The maximum atomic E-state index is 12.5. The number of ether oxygens (including phenoxy) is 1. The molecule has 2 N–H and O–H groups in total. The Hall–Kier alpha value is -1.92. The monoisotopic (exact) mass is 406 g/mol. The van der Waals surface area contributed by atoms with Gasteiger partial charge in [-0.25, -0.2) is 0 Å². The van der Waals surface area contributed by atoms with Crippen molar-refractivity contribution in [3.8, 4) is 5.75 Å². The molecule has 0 bridgehead atoms. The van der Waals surface area contributed by atoms with Crippen molar-refractivity contribution in [3.05, 3.63) is 57.1 Å². The van der Waals surface area contributed by atoms with E-state index in [0.717, 1.165) is 26.9 Å². The Bertz CT molecular complexity index is 786. The van der Waals surface area contributed by atoms with Gasteiger partial charge in [-0.2, -0.15) is 0 Å². The molecule has 0 aliphatic heterocycles. The zero-order valence-electron chi connectivity index (χ0n) is 14.0. The van der Waals surface area contributed by atoms with Crippen molar-refractivity contribution in [1.82, 2.24) is 5.32 Å². The number of hydrogen-bond acceptors (Lipinski definition) is 3. The normalized spacial score (nSPS) is 10.2. The summed E-state index contributed by atoms with van der Waals surface area (Å²) in [7, 11) is 1.54. The summed E-state index contributed by atoms with van der Waals surface area (Å²) >= 11 is 8.64. The van der Waals surface area contributed by atoms with Gasteiger partial charge in [-0.15, -0.1) is 0 Å². The zero-order chi connectivity index (χ0) is 17.9. The highest BCUT2D eigenvalue weighted by Crippen LogP contribution is 2.27. The number of anilines is 1. The second-order valence-electron chi connectivity index (χ2n) is 5.59. The molecule has 24 heavy (non-hydrogen) atoms. The molecule has 0 spiro atoms. The summed E-state index contributed by atoms with van der Waals surface area (Å²) in [4.78, 5) is 12.5. The summed E-state index contributed by atoms with van der Waals surface area (Å²) in [6, 6.07) is 9.61. The van der Waals surface area contributed by atoms with E-state index in [2.05, 4.69) is 32.6 Å². The molecule has 2 rings (SSSR count). The summed E-state index contributed by atoms with van der Waals surface area (Å²) < 4.78 is 6.14. The fourth-order valence-electron chi connectivity index (χ4n) is 2.55. The number of amides is 1.